The zero-order chi connectivity index (χ0) is 16.8. The van der Waals surface area contributed by atoms with Gasteiger partial charge in [0.05, 0.1) is 24.8 Å². The fourth-order valence-corrected chi connectivity index (χ4v) is 2.64. The Balaban J connectivity index is 1.88. The molecule has 23 heavy (non-hydrogen) atoms. The number of esters is 1. The van der Waals surface area contributed by atoms with Crippen molar-refractivity contribution in [2.75, 3.05) is 31.6 Å². The van der Waals surface area contributed by atoms with Crippen LogP contribution in [0.1, 0.15) is 19.8 Å². The lowest BCUT2D eigenvalue weighted by Gasteiger charge is -2.30. The monoisotopic (exact) mass is 326 g/mol. The average molecular weight is 326 g/mol. The number of benzene rings is 1. The molecule has 0 aliphatic carbocycles. The molecule has 1 aromatic carbocycles. The first-order chi connectivity index (χ1) is 11.0. The molecule has 0 saturated carbocycles. The summed E-state index contributed by atoms with van der Waals surface area (Å²) in [6.07, 6.45) is 1.53. The normalized spacial score (nSPS) is 18.5. The van der Waals surface area contributed by atoms with Gasteiger partial charge in [-0.05, 0) is 38.4 Å². The third kappa shape index (κ3) is 4.99. The zero-order valence-corrected chi connectivity index (χ0v) is 13.0. The van der Waals surface area contributed by atoms with Gasteiger partial charge in [-0.1, -0.05) is 0 Å². The topological polar surface area (TPSA) is 58.6 Å². The van der Waals surface area contributed by atoms with Gasteiger partial charge in [0.1, 0.15) is 11.6 Å². The maximum Gasteiger partial charge on any atom is 0.310 e. The standard InChI is InChI=1S/C16H20F2N2O3/c1-2-23-16(22)11-4-3-7-20(9-11)10-15(21)19-14-6-5-12(17)8-13(14)18/h5-6,8,11H,2-4,7,9-10H2,1H3,(H,19,21)/t11-/m1/s1. The van der Waals surface area contributed by atoms with Crippen LogP contribution in [0.25, 0.3) is 0 Å². The van der Waals surface area contributed by atoms with Crippen LogP contribution in [0.2, 0.25) is 0 Å². The molecule has 0 unspecified atom stereocenters. The number of nitrogens with one attached hydrogen (secondary N) is 1. The van der Waals surface area contributed by atoms with E-state index in [1.165, 1.54) is 6.07 Å². The van der Waals surface area contributed by atoms with Crippen molar-refractivity contribution in [2.45, 2.75) is 19.8 Å². The smallest absolute Gasteiger partial charge is 0.310 e. The Kier molecular flexibility index (Phi) is 6.04. The van der Waals surface area contributed by atoms with E-state index in [1.54, 1.807) is 6.92 Å². The van der Waals surface area contributed by atoms with Gasteiger partial charge in [-0.15, -0.1) is 0 Å². The third-order valence-corrected chi connectivity index (χ3v) is 3.70. The van der Waals surface area contributed by atoms with Gasteiger partial charge in [-0.3, -0.25) is 14.5 Å². The highest BCUT2D eigenvalue weighted by atomic mass is 19.1. The van der Waals surface area contributed by atoms with Gasteiger partial charge in [0, 0.05) is 12.6 Å². The van der Waals surface area contributed by atoms with E-state index in [4.69, 9.17) is 4.74 Å². The van der Waals surface area contributed by atoms with Crippen LogP contribution >= 0.6 is 0 Å². The Morgan fingerprint density at radius 1 is 1.39 bits per heavy atom. The first-order valence-electron chi connectivity index (χ1n) is 7.63. The number of hydrogen-bond donors (Lipinski definition) is 1. The van der Waals surface area contributed by atoms with Gasteiger partial charge in [-0.25, -0.2) is 8.78 Å². The van der Waals surface area contributed by atoms with Crippen molar-refractivity contribution in [3.63, 3.8) is 0 Å². The van der Waals surface area contributed by atoms with Crippen LogP contribution in [0.5, 0.6) is 0 Å². The van der Waals surface area contributed by atoms with Crippen molar-refractivity contribution >= 4 is 17.6 Å². The second-order valence-electron chi connectivity index (χ2n) is 5.50. The van der Waals surface area contributed by atoms with Crippen molar-refractivity contribution in [3.05, 3.63) is 29.8 Å². The van der Waals surface area contributed by atoms with Crippen LogP contribution in [0.3, 0.4) is 0 Å². The van der Waals surface area contributed by atoms with E-state index in [0.717, 1.165) is 18.9 Å². The highest BCUT2D eigenvalue weighted by Crippen LogP contribution is 2.19. The molecule has 5 nitrogen and oxygen atoms in total. The fourth-order valence-electron chi connectivity index (χ4n) is 2.64. The Hall–Kier alpha value is -2.02. The molecule has 0 bridgehead atoms. The van der Waals surface area contributed by atoms with Crippen LogP contribution < -0.4 is 5.32 Å². The molecule has 2 rings (SSSR count). The van der Waals surface area contributed by atoms with E-state index in [0.29, 0.717) is 25.8 Å². The summed E-state index contributed by atoms with van der Waals surface area (Å²) in [4.78, 5) is 25.6. The minimum atomic E-state index is -0.818. The first kappa shape index (κ1) is 17.3. The number of carbonyl (C=O) groups excluding carboxylic acids is 2. The SMILES string of the molecule is CCOC(=O)[C@@H]1CCCN(CC(=O)Nc2ccc(F)cc2F)C1. The number of hydrogen-bond acceptors (Lipinski definition) is 4. The number of halogens is 2. The predicted octanol–water partition coefficient (Wildman–Crippen LogP) is 2.18. The lowest BCUT2D eigenvalue weighted by atomic mass is 9.98. The minimum Gasteiger partial charge on any atom is -0.466 e. The largest absolute Gasteiger partial charge is 0.466 e. The van der Waals surface area contributed by atoms with Crippen molar-refractivity contribution < 1.29 is 23.1 Å². The molecule has 0 spiro atoms. The molecule has 1 N–H and O–H groups in total. The summed E-state index contributed by atoms with van der Waals surface area (Å²) < 4.78 is 31.4. The molecule has 1 aliphatic rings. The number of piperidine rings is 1. The van der Waals surface area contributed by atoms with E-state index < -0.39 is 17.5 Å². The van der Waals surface area contributed by atoms with E-state index in [-0.39, 0.29) is 24.1 Å². The first-order valence-corrected chi connectivity index (χ1v) is 7.63. The summed E-state index contributed by atoms with van der Waals surface area (Å²) in [6, 6.07) is 2.98. The summed E-state index contributed by atoms with van der Waals surface area (Å²) >= 11 is 0. The van der Waals surface area contributed by atoms with Crippen LogP contribution in [-0.4, -0.2) is 43.0 Å². The lowest BCUT2D eigenvalue weighted by Crippen LogP contribution is -2.43. The Morgan fingerprint density at radius 2 is 2.17 bits per heavy atom. The number of carbonyl (C=O) groups is 2. The number of anilines is 1. The maximum atomic E-state index is 13.5. The second kappa shape index (κ2) is 8.01. The summed E-state index contributed by atoms with van der Waals surface area (Å²) in [5, 5.41) is 2.42. The zero-order valence-electron chi connectivity index (χ0n) is 13.0. The Labute approximate surface area is 133 Å². The van der Waals surface area contributed by atoms with Crippen molar-refractivity contribution in [3.8, 4) is 0 Å². The maximum absolute atomic E-state index is 13.5. The highest BCUT2D eigenvalue weighted by molar-refractivity contribution is 5.92. The highest BCUT2D eigenvalue weighted by Gasteiger charge is 2.27. The number of likely N-dealkylation sites (tertiary alicyclic amines) is 1. The van der Waals surface area contributed by atoms with Crippen LogP contribution in [0, 0.1) is 17.6 Å². The fraction of sp³-hybridized carbons (Fsp3) is 0.500. The van der Waals surface area contributed by atoms with Gasteiger partial charge in [0.25, 0.3) is 0 Å². The van der Waals surface area contributed by atoms with E-state index in [1.807, 2.05) is 4.90 Å². The van der Waals surface area contributed by atoms with E-state index in [9.17, 15) is 18.4 Å². The van der Waals surface area contributed by atoms with Crippen LogP contribution in [0.15, 0.2) is 18.2 Å². The molecule has 1 aromatic rings. The Morgan fingerprint density at radius 3 is 2.87 bits per heavy atom. The Bertz CT molecular complexity index is 580. The molecule has 1 atom stereocenters. The van der Waals surface area contributed by atoms with Gasteiger partial charge in [0.2, 0.25) is 5.91 Å². The summed E-state index contributed by atoms with van der Waals surface area (Å²) in [5.74, 6) is -2.41. The molecule has 1 fully saturated rings. The molecule has 1 amide bonds. The van der Waals surface area contributed by atoms with E-state index >= 15 is 0 Å². The van der Waals surface area contributed by atoms with Crippen LogP contribution in [-0.2, 0) is 14.3 Å². The molecule has 7 heteroatoms. The molecule has 126 valence electrons. The number of nitrogens with zero attached hydrogens (tertiary/aromatic N) is 1. The lowest BCUT2D eigenvalue weighted by molar-refractivity contribution is -0.150. The molecular weight excluding hydrogens is 306 g/mol. The molecular formula is C16H20F2N2O3. The molecule has 1 heterocycles. The van der Waals surface area contributed by atoms with Crippen LogP contribution in [0.4, 0.5) is 14.5 Å². The molecule has 1 aliphatic heterocycles. The minimum absolute atomic E-state index is 0.0483. The number of amides is 1. The molecule has 0 aromatic heterocycles. The van der Waals surface area contributed by atoms with Gasteiger partial charge in [0.15, 0.2) is 0 Å². The number of rotatable bonds is 5. The van der Waals surface area contributed by atoms with E-state index in [2.05, 4.69) is 5.32 Å². The van der Waals surface area contributed by atoms with Crippen molar-refractivity contribution in [2.24, 2.45) is 5.92 Å². The van der Waals surface area contributed by atoms with Gasteiger partial charge < -0.3 is 10.1 Å². The summed E-state index contributed by atoms with van der Waals surface area (Å²) in [6.45, 7) is 3.27. The average Bonchev–Trinajstić information content (AvgIpc) is 2.50. The predicted molar refractivity (Wildman–Crippen MR) is 80.8 cm³/mol. The number of ether oxygens (including phenoxy) is 1. The summed E-state index contributed by atoms with van der Waals surface area (Å²) in [7, 11) is 0. The third-order valence-electron chi connectivity index (χ3n) is 3.70. The van der Waals surface area contributed by atoms with Gasteiger partial charge >= 0.3 is 5.97 Å². The second-order valence-corrected chi connectivity index (χ2v) is 5.50. The molecule has 0 radical (unpaired) electrons. The van der Waals surface area contributed by atoms with Gasteiger partial charge in [-0.2, -0.15) is 0 Å². The quantitative estimate of drug-likeness (QED) is 0.843. The van der Waals surface area contributed by atoms with Crippen molar-refractivity contribution in [1.29, 1.82) is 0 Å². The molecule has 1 saturated heterocycles. The summed E-state index contributed by atoms with van der Waals surface area (Å²) in [5.41, 5.74) is -0.0599. The van der Waals surface area contributed by atoms with Crippen molar-refractivity contribution in [1.82, 2.24) is 4.90 Å².